The maximum Gasteiger partial charge on any atom is 0.238 e. The molecule has 0 aliphatic heterocycles. The molecule has 0 atom stereocenters. The molecular weight excluding hydrogens is 256 g/mol. The van der Waals surface area contributed by atoms with Gasteiger partial charge >= 0.3 is 0 Å². The number of nitrogens with one attached hydrogen (secondary N) is 1. The number of benzene rings is 1. The summed E-state index contributed by atoms with van der Waals surface area (Å²) in [4.78, 5) is 24.7. The number of carbonyl (C=O) groups excluding carboxylic acids is 2. The van der Waals surface area contributed by atoms with E-state index in [0.717, 1.165) is 12.8 Å². The van der Waals surface area contributed by atoms with Crippen LogP contribution < -0.4 is 16.8 Å². The molecule has 0 heterocycles. The van der Waals surface area contributed by atoms with E-state index < -0.39 is 5.91 Å². The first-order valence-electron chi connectivity index (χ1n) is 6.68. The van der Waals surface area contributed by atoms with Crippen LogP contribution in [0.5, 0.6) is 0 Å². The van der Waals surface area contributed by atoms with Crippen molar-refractivity contribution in [1.29, 1.82) is 0 Å². The Morgan fingerprint density at radius 3 is 2.55 bits per heavy atom. The Bertz CT molecular complexity index is 462. The number of primary amides is 1. The summed E-state index contributed by atoms with van der Waals surface area (Å²) < 4.78 is 0. The van der Waals surface area contributed by atoms with E-state index in [2.05, 4.69) is 5.32 Å². The first-order valence-corrected chi connectivity index (χ1v) is 6.68. The Balaban J connectivity index is 2.56. The zero-order chi connectivity index (χ0) is 15.0. The van der Waals surface area contributed by atoms with Crippen molar-refractivity contribution >= 4 is 23.2 Å². The highest BCUT2D eigenvalue weighted by Gasteiger charge is 2.13. The van der Waals surface area contributed by atoms with Crippen LogP contribution in [0.1, 0.15) is 19.8 Å². The lowest BCUT2D eigenvalue weighted by atomic mass is 10.2. The van der Waals surface area contributed by atoms with E-state index in [9.17, 15) is 9.59 Å². The standard InChI is InChI=1S/C14H22N4O2/c1-2-3-8-18(9-13(16)19)10-14(20)17-12-7-5-4-6-11(12)15/h4-7H,2-3,8-10,15H2,1H3,(H2,16,19)(H,17,20). The van der Waals surface area contributed by atoms with E-state index in [1.807, 2.05) is 6.92 Å². The molecular formula is C14H22N4O2. The molecule has 0 fully saturated rings. The van der Waals surface area contributed by atoms with Gasteiger partial charge in [0.15, 0.2) is 0 Å². The van der Waals surface area contributed by atoms with Crippen molar-refractivity contribution in [3.05, 3.63) is 24.3 Å². The topological polar surface area (TPSA) is 101 Å². The number of hydrogen-bond donors (Lipinski definition) is 3. The van der Waals surface area contributed by atoms with Crippen molar-refractivity contribution in [2.45, 2.75) is 19.8 Å². The number of para-hydroxylation sites is 2. The highest BCUT2D eigenvalue weighted by Crippen LogP contribution is 2.16. The minimum atomic E-state index is -0.437. The molecule has 20 heavy (non-hydrogen) atoms. The number of anilines is 2. The quantitative estimate of drug-likeness (QED) is 0.612. The molecule has 1 aromatic rings. The third-order valence-corrected chi connectivity index (χ3v) is 2.81. The Morgan fingerprint density at radius 1 is 1.25 bits per heavy atom. The molecule has 0 aliphatic rings. The SMILES string of the molecule is CCCCN(CC(N)=O)CC(=O)Nc1ccccc1N. The van der Waals surface area contributed by atoms with Crippen LogP contribution in [-0.4, -0.2) is 36.3 Å². The number of nitrogens with zero attached hydrogens (tertiary/aromatic N) is 1. The lowest BCUT2D eigenvalue weighted by Gasteiger charge is -2.20. The summed E-state index contributed by atoms with van der Waals surface area (Å²) in [7, 11) is 0. The average molecular weight is 278 g/mol. The highest BCUT2D eigenvalue weighted by molar-refractivity contribution is 5.95. The number of unbranched alkanes of at least 4 members (excludes halogenated alkanes) is 1. The second-order valence-corrected chi connectivity index (χ2v) is 4.67. The molecule has 0 saturated heterocycles. The van der Waals surface area contributed by atoms with Crippen LogP contribution in [0.4, 0.5) is 11.4 Å². The predicted octanol–water partition coefficient (Wildman–Crippen LogP) is 0.795. The maximum absolute atomic E-state index is 12.0. The summed E-state index contributed by atoms with van der Waals surface area (Å²) >= 11 is 0. The molecule has 0 radical (unpaired) electrons. The third kappa shape index (κ3) is 5.71. The molecule has 1 rings (SSSR count). The second-order valence-electron chi connectivity index (χ2n) is 4.67. The number of nitrogen functional groups attached to an aromatic ring is 1. The summed E-state index contributed by atoms with van der Waals surface area (Å²) in [6.45, 7) is 2.92. The molecule has 6 heteroatoms. The third-order valence-electron chi connectivity index (χ3n) is 2.81. The van der Waals surface area contributed by atoms with Gasteiger partial charge in [-0.15, -0.1) is 0 Å². The van der Waals surface area contributed by atoms with E-state index in [0.29, 0.717) is 17.9 Å². The molecule has 2 amide bonds. The summed E-state index contributed by atoms with van der Waals surface area (Å²) in [6.07, 6.45) is 1.90. The van der Waals surface area contributed by atoms with Crippen molar-refractivity contribution in [2.75, 3.05) is 30.7 Å². The van der Waals surface area contributed by atoms with Crippen LogP contribution >= 0.6 is 0 Å². The lowest BCUT2D eigenvalue weighted by Crippen LogP contribution is -2.39. The summed E-state index contributed by atoms with van der Waals surface area (Å²) in [5, 5.41) is 2.73. The number of amides is 2. The predicted molar refractivity (Wildman–Crippen MR) is 80.0 cm³/mol. The smallest absolute Gasteiger partial charge is 0.238 e. The second kappa shape index (κ2) is 8.16. The van der Waals surface area contributed by atoms with Crippen molar-refractivity contribution in [3.8, 4) is 0 Å². The van der Waals surface area contributed by atoms with E-state index >= 15 is 0 Å². The number of nitrogens with two attached hydrogens (primary N) is 2. The Kier molecular flexibility index (Phi) is 6.52. The van der Waals surface area contributed by atoms with Gasteiger partial charge in [0, 0.05) is 0 Å². The van der Waals surface area contributed by atoms with Crippen LogP contribution in [0.2, 0.25) is 0 Å². The van der Waals surface area contributed by atoms with Crippen LogP contribution in [0.25, 0.3) is 0 Å². The van der Waals surface area contributed by atoms with Crippen molar-refractivity contribution in [1.82, 2.24) is 4.90 Å². The Labute approximate surface area is 119 Å². The fourth-order valence-corrected chi connectivity index (χ4v) is 1.82. The summed E-state index contributed by atoms with van der Waals surface area (Å²) in [5.74, 6) is -0.645. The van der Waals surface area contributed by atoms with Crippen LogP contribution in [0, 0.1) is 0 Å². The zero-order valence-corrected chi connectivity index (χ0v) is 11.8. The van der Waals surface area contributed by atoms with Gasteiger partial charge in [0.25, 0.3) is 0 Å². The Morgan fingerprint density at radius 2 is 1.95 bits per heavy atom. The highest BCUT2D eigenvalue weighted by atomic mass is 16.2. The van der Waals surface area contributed by atoms with E-state index in [-0.39, 0.29) is 19.0 Å². The first kappa shape index (κ1) is 16.0. The van der Waals surface area contributed by atoms with Gasteiger partial charge in [-0.05, 0) is 25.1 Å². The van der Waals surface area contributed by atoms with Crippen LogP contribution in [0.15, 0.2) is 24.3 Å². The zero-order valence-electron chi connectivity index (χ0n) is 11.8. The normalized spacial score (nSPS) is 10.5. The first-order chi connectivity index (χ1) is 9.52. The van der Waals surface area contributed by atoms with Crippen LogP contribution in [0.3, 0.4) is 0 Å². The van der Waals surface area contributed by atoms with Gasteiger partial charge < -0.3 is 16.8 Å². The van der Waals surface area contributed by atoms with Crippen molar-refractivity contribution < 1.29 is 9.59 Å². The van der Waals surface area contributed by atoms with Crippen molar-refractivity contribution in [2.24, 2.45) is 5.73 Å². The largest absolute Gasteiger partial charge is 0.397 e. The molecule has 110 valence electrons. The van der Waals surface area contributed by atoms with Gasteiger partial charge in [-0.1, -0.05) is 25.5 Å². The fraction of sp³-hybridized carbons (Fsp3) is 0.429. The molecule has 6 nitrogen and oxygen atoms in total. The van der Waals surface area contributed by atoms with E-state index in [1.165, 1.54) is 0 Å². The average Bonchev–Trinajstić information content (AvgIpc) is 2.38. The molecule has 0 aliphatic carbocycles. The molecule has 0 unspecified atom stereocenters. The van der Waals surface area contributed by atoms with Gasteiger partial charge in [-0.25, -0.2) is 0 Å². The summed E-state index contributed by atoms with van der Waals surface area (Å²) in [6, 6.07) is 7.04. The van der Waals surface area contributed by atoms with Gasteiger partial charge in [0.1, 0.15) is 0 Å². The minimum Gasteiger partial charge on any atom is -0.397 e. The molecule has 0 aromatic heterocycles. The van der Waals surface area contributed by atoms with E-state index in [1.54, 1.807) is 29.2 Å². The number of carbonyl (C=O) groups is 2. The van der Waals surface area contributed by atoms with Gasteiger partial charge in [-0.3, -0.25) is 14.5 Å². The van der Waals surface area contributed by atoms with Crippen LogP contribution in [-0.2, 0) is 9.59 Å². The number of rotatable bonds is 8. The minimum absolute atomic E-state index is 0.0810. The van der Waals surface area contributed by atoms with Gasteiger partial charge in [-0.2, -0.15) is 0 Å². The number of hydrogen-bond acceptors (Lipinski definition) is 4. The fourth-order valence-electron chi connectivity index (χ4n) is 1.82. The van der Waals surface area contributed by atoms with E-state index in [4.69, 9.17) is 11.5 Å². The Hall–Kier alpha value is -2.08. The van der Waals surface area contributed by atoms with Gasteiger partial charge in [0.2, 0.25) is 11.8 Å². The monoisotopic (exact) mass is 278 g/mol. The summed E-state index contributed by atoms with van der Waals surface area (Å²) in [5.41, 5.74) is 12.0. The molecule has 0 spiro atoms. The molecule has 1 aromatic carbocycles. The molecule has 5 N–H and O–H groups in total. The lowest BCUT2D eigenvalue weighted by molar-refractivity contribution is -0.121. The van der Waals surface area contributed by atoms with Crippen molar-refractivity contribution in [3.63, 3.8) is 0 Å². The molecule has 0 bridgehead atoms. The molecule has 0 saturated carbocycles. The maximum atomic E-state index is 12.0. The van der Waals surface area contributed by atoms with Gasteiger partial charge in [0.05, 0.1) is 24.5 Å².